The first-order valence-corrected chi connectivity index (χ1v) is 6.97. The smallest absolute Gasteiger partial charge is 0.278 e. The van der Waals surface area contributed by atoms with E-state index in [-0.39, 0.29) is 22.5 Å². The first-order chi connectivity index (χ1) is 11.4. The molecule has 1 N–H and O–H groups in total. The van der Waals surface area contributed by atoms with E-state index in [9.17, 15) is 24.4 Å². The second kappa shape index (κ2) is 5.82. The van der Waals surface area contributed by atoms with Gasteiger partial charge >= 0.3 is 0 Å². The number of aliphatic hydroxyl groups is 1. The molecule has 1 aliphatic rings. The zero-order chi connectivity index (χ0) is 17.4. The van der Waals surface area contributed by atoms with Gasteiger partial charge in [-0.25, -0.2) is 9.38 Å². The number of nitro groups is 1. The molecule has 122 valence electrons. The molecule has 24 heavy (non-hydrogen) atoms. The second-order valence-electron chi connectivity index (χ2n) is 5.19. The number of anilines is 1. The van der Waals surface area contributed by atoms with Crippen LogP contribution in [0.4, 0.5) is 15.8 Å². The van der Waals surface area contributed by atoms with Gasteiger partial charge in [-0.2, -0.15) is 0 Å². The first kappa shape index (κ1) is 15.8. The Hall–Kier alpha value is -3.13. The van der Waals surface area contributed by atoms with Crippen molar-refractivity contribution in [3.8, 4) is 0 Å². The highest BCUT2D eigenvalue weighted by Crippen LogP contribution is 2.31. The van der Waals surface area contributed by atoms with Crippen LogP contribution in [0.5, 0.6) is 0 Å². The van der Waals surface area contributed by atoms with E-state index in [1.54, 1.807) is 6.07 Å². The molecule has 8 heteroatoms. The molecule has 2 aromatic carbocycles. The van der Waals surface area contributed by atoms with Gasteiger partial charge in [-0.3, -0.25) is 14.9 Å². The van der Waals surface area contributed by atoms with Gasteiger partial charge in [0.1, 0.15) is 5.82 Å². The van der Waals surface area contributed by atoms with Crippen LogP contribution in [0, 0.1) is 15.9 Å². The molecule has 2 aromatic rings. The summed E-state index contributed by atoms with van der Waals surface area (Å²) in [5, 5.41) is 21.0. The predicted octanol–water partition coefficient (Wildman–Crippen LogP) is 1.87. The maximum absolute atomic E-state index is 14.2. The molecule has 1 aliphatic heterocycles. The van der Waals surface area contributed by atoms with E-state index in [1.807, 2.05) is 0 Å². The van der Waals surface area contributed by atoms with Crippen LogP contribution < -0.4 is 4.90 Å². The molecule has 0 saturated heterocycles. The summed E-state index contributed by atoms with van der Waals surface area (Å²) < 4.78 is 14.2. The van der Waals surface area contributed by atoms with Gasteiger partial charge in [0.2, 0.25) is 6.23 Å². The van der Waals surface area contributed by atoms with E-state index >= 15 is 0 Å². The Bertz CT molecular complexity index is 881. The van der Waals surface area contributed by atoms with E-state index in [4.69, 9.17) is 0 Å². The summed E-state index contributed by atoms with van der Waals surface area (Å²) >= 11 is 0. The van der Waals surface area contributed by atoms with Crippen molar-refractivity contribution in [2.75, 3.05) is 11.9 Å². The Morgan fingerprint density at radius 1 is 1.25 bits per heavy atom. The minimum absolute atomic E-state index is 0.0167. The minimum Gasteiger partial charge on any atom is -0.364 e. The molecule has 7 nitrogen and oxygen atoms in total. The fourth-order valence-corrected chi connectivity index (χ4v) is 2.53. The number of fused-ring (bicyclic) bond motifs is 1. The summed E-state index contributed by atoms with van der Waals surface area (Å²) in [7, 11) is 1.41. The Balaban J connectivity index is 2.32. The van der Waals surface area contributed by atoms with Crippen LogP contribution in [0.1, 0.15) is 11.1 Å². The lowest BCUT2D eigenvalue weighted by atomic mass is 9.99. The number of nitro benzene ring substituents is 1. The highest BCUT2D eigenvalue weighted by Gasteiger charge is 2.30. The second-order valence-corrected chi connectivity index (χ2v) is 5.19. The van der Waals surface area contributed by atoms with Crippen molar-refractivity contribution in [2.24, 2.45) is 4.99 Å². The van der Waals surface area contributed by atoms with Crippen LogP contribution in [-0.2, 0) is 4.79 Å². The van der Waals surface area contributed by atoms with Gasteiger partial charge in [0.05, 0.1) is 16.3 Å². The zero-order valence-corrected chi connectivity index (χ0v) is 12.5. The van der Waals surface area contributed by atoms with Crippen molar-refractivity contribution in [2.45, 2.75) is 6.23 Å². The topological polar surface area (TPSA) is 96.0 Å². The average Bonchev–Trinajstić information content (AvgIpc) is 2.66. The van der Waals surface area contributed by atoms with Crippen molar-refractivity contribution in [3.63, 3.8) is 0 Å². The highest BCUT2D eigenvalue weighted by molar-refractivity contribution is 6.20. The summed E-state index contributed by atoms with van der Waals surface area (Å²) in [5.74, 6) is -1.32. The number of hydrogen-bond acceptors (Lipinski definition) is 5. The van der Waals surface area contributed by atoms with E-state index < -0.39 is 22.9 Å². The molecule has 0 aromatic heterocycles. The summed E-state index contributed by atoms with van der Waals surface area (Å²) in [6.45, 7) is 0. The third-order valence-electron chi connectivity index (χ3n) is 3.74. The Labute approximate surface area is 135 Å². The van der Waals surface area contributed by atoms with Crippen LogP contribution in [0.3, 0.4) is 0 Å². The molecule has 3 rings (SSSR count). The van der Waals surface area contributed by atoms with Crippen LogP contribution in [-0.4, -0.2) is 34.9 Å². The average molecular weight is 329 g/mol. The quantitative estimate of drug-likeness (QED) is 0.672. The lowest BCUT2D eigenvalue weighted by molar-refractivity contribution is -0.384. The van der Waals surface area contributed by atoms with Gasteiger partial charge in [-0.15, -0.1) is 0 Å². The molecule has 1 heterocycles. The maximum atomic E-state index is 14.2. The van der Waals surface area contributed by atoms with E-state index in [1.165, 1.54) is 43.4 Å². The standard InChI is InChI=1S/C16H12FN3O4/c1-19-13-7-6-9(20(23)24)8-11(13)14(18-15(21)16(19)22)10-4-2-3-5-12(10)17/h2-8,15,21H,1H3. The zero-order valence-electron chi connectivity index (χ0n) is 12.5. The molecule has 0 aliphatic carbocycles. The van der Waals surface area contributed by atoms with Crippen LogP contribution in [0.15, 0.2) is 47.5 Å². The van der Waals surface area contributed by atoms with Crippen molar-refractivity contribution in [1.29, 1.82) is 0 Å². The summed E-state index contributed by atoms with van der Waals surface area (Å²) in [6, 6.07) is 9.51. The highest BCUT2D eigenvalue weighted by atomic mass is 19.1. The van der Waals surface area contributed by atoms with Gasteiger partial charge in [-0.1, -0.05) is 12.1 Å². The number of halogens is 1. The molecule has 0 spiro atoms. The third-order valence-corrected chi connectivity index (χ3v) is 3.74. The van der Waals surface area contributed by atoms with Gasteiger partial charge in [0.15, 0.2) is 0 Å². The number of amides is 1. The lowest BCUT2D eigenvalue weighted by Gasteiger charge is -2.18. The number of aliphatic imine (C=N–C) groups is 1. The number of benzene rings is 2. The van der Waals surface area contributed by atoms with Crippen molar-refractivity contribution >= 4 is 23.0 Å². The van der Waals surface area contributed by atoms with Gasteiger partial charge in [0, 0.05) is 30.3 Å². The number of carbonyl (C=O) groups excluding carboxylic acids is 1. The van der Waals surface area contributed by atoms with E-state index in [0.29, 0.717) is 5.69 Å². The molecule has 1 atom stereocenters. The van der Waals surface area contributed by atoms with Crippen LogP contribution in [0.25, 0.3) is 0 Å². The van der Waals surface area contributed by atoms with Gasteiger partial charge < -0.3 is 10.0 Å². The molecule has 0 fully saturated rings. The van der Waals surface area contributed by atoms with E-state index in [2.05, 4.69) is 4.99 Å². The van der Waals surface area contributed by atoms with Crippen molar-refractivity contribution in [1.82, 2.24) is 0 Å². The summed E-state index contributed by atoms with van der Waals surface area (Å²) in [4.78, 5) is 27.6. The number of benzodiazepines with no additional fused rings is 1. The number of carbonyl (C=O) groups is 1. The van der Waals surface area contributed by atoms with E-state index in [0.717, 1.165) is 4.90 Å². The monoisotopic (exact) mass is 329 g/mol. The first-order valence-electron chi connectivity index (χ1n) is 6.97. The molecule has 1 amide bonds. The normalized spacial score (nSPS) is 17.1. The molecule has 1 unspecified atom stereocenters. The van der Waals surface area contributed by atoms with Crippen molar-refractivity contribution in [3.05, 3.63) is 69.5 Å². The number of hydrogen-bond donors (Lipinski definition) is 1. The fraction of sp³-hybridized carbons (Fsp3) is 0.125. The summed E-state index contributed by atoms with van der Waals surface area (Å²) in [5.41, 5.74) is 0.291. The SMILES string of the molecule is CN1C(=O)C(O)N=C(c2ccccc2F)c2cc([N+](=O)[O-])ccc21. The molecule has 0 bridgehead atoms. The molecular formula is C16H12FN3O4. The maximum Gasteiger partial charge on any atom is 0.278 e. The Morgan fingerprint density at radius 2 is 1.96 bits per heavy atom. The van der Waals surface area contributed by atoms with Gasteiger partial charge in [0.25, 0.3) is 11.6 Å². The summed E-state index contributed by atoms with van der Waals surface area (Å²) in [6.07, 6.45) is -1.73. The van der Waals surface area contributed by atoms with Crippen LogP contribution >= 0.6 is 0 Å². The van der Waals surface area contributed by atoms with Crippen molar-refractivity contribution < 1.29 is 19.2 Å². The Kier molecular flexibility index (Phi) is 3.82. The Morgan fingerprint density at radius 3 is 2.62 bits per heavy atom. The van der Waals surface area contributed by atoms with Gasteiger partial charge in [-0.05, 0) is 18.2 Å². The third kappa shape index (κ3) is 2.52. The molecule has 0 saturated carbocycles. The number of non-ortho nitro benzene ring substituents is 1. The lowest BCUT2D eigenvalue weighted by Crippen LogP contribution is -2.34. The number of nitrogens with zero attached hydrogens (tertiary/aromatic N) is 3. The number of rotatable bonds is 2. The number of aliphatic hydroxyl groups excluding tert-OH is 1. The molecular weight excluding hydrogens is 317 g/mol. The minimum atomic E-state index is -1.73. The predicted molar refractivity (Wildman–Crippen MR) is 84.6 cm³/mol. The van der Waals surface area contributed by atoms with Crippen LogP contribution in [0.2, 0.25) is 0 Å². The fourth-order valence-electron chi connectivity index (χ4n) is 2.53. The number of likely N-dealkylation sites (N-methyl/N-ethyl adjacent to an activating group) is 1. The largest absolute Gasteiger partial charge is 0.364 e. The molecule has 0 radical (unpaired) electrons.